The molecule has 2 heterocycles. The van der Waals surface area contributed by atoms with Gasteiger partial charge >= 0.3 is 0 Å². The summed E-state index contributed by atoms with van der Waals surface area (Å²) in [5.41, 5.74) is 1.43. The molecule has 0 aliphatic carbocycles. The summed E-state index contributed by atoms with van der Waals surface area (Å²) in [7, 11) is 0. The summed E-state index contributed by atoms with van der Waals surface area (Å²) in [5, 5.41) is 3.47. The van der Waals surface area contributed by atoms with E-state index in [-0.39, 0.29) is 0 Å². The van der Waals surface area contributed by atoms with Crippen molar-refractivity contribution >= 4 is 5.91 Å². The van der Waals surface area contributed by atoms with Gasteiger partial charge in [-0.3, -0.25) is 4.79 Å². The fourth-order valence-corrected chi connectivity index (χ4v) is 4.50. The molecule has 2 aliphatic rings. The summed E-state index contributed by atoms with van der Waals surface area (Å²) in [6.45, 7) is 8.61. The Labute approximate surface area is 146 Å². The lowest BCUT2D eigenvalue weighted by Crippen LogP contribution is -2.43. The van der Waals surface area contributed by atoms with Crippen molar-refractivity contribution in [3.8, 4) is 0 Å². The molecule has 2 aliphatic heterocycles. The van der Waals surface area contributed by atoms with Crippen LogP contribution in [0, 0.1) is 17.8 Å². The maximum atomic E-state index is 12.7. The van der Waals surface area contributed by atoms with Crippen LogP contribution in [0.5, 0.6) is 0 Å². The topological polar surface area (TPSA) is 32.3 Å². The van der Waals surface area contributed by atoms with Crippen molar-refractivity contribution in [2.75, 3.05) is 26.2 Å². The Morgan fingerprint density at radius 1 is 1.29 bits per heavy atom. The maximum absolute atomic E-state index is 12.7. The third kappa shape index (κ3) is 4.18. The van der Waals surface area contributed by atoms with E-state index >= 15 is 0 Å². The minimum atomic E-state index is 0.367. The van der Waals surface area contributed by atoms with Gasteiger partial charge in [0.2, 0.25) is 5.91 Å². The summed E-state index contributed by atoms with van der Waals surface area (Å²) >= 11 is 0. The van der Waals surface area contributed by atoms with Crippen molar-refractivity contribution in [1.82, 2.24) is 10.2 Å². The first-order valence-electron chi connectivity index (χ1n) is 9.68. The monoisotopic (exact) mass is 328 g/mol. The Hall–Kier alpha value is -1.35. The van der Waals surface area contributed by atoms with Crippen molar-refractivity contribution in [3.05, 3.63) is 35.9 Å². The Morgan fingerprint density at radius 2 is 2.08 bits per heavy atom. The minimum absolute atomic E-state index is 0.367. The molecule has 4 atom stereocenters. The summed E-state index contributed by atoms with van der Waals surface area (Å²) in [6, 6.07) is 10.8. The number of nitrogens with zero attached hydrogens (tertiary/aromatic N) is 1. The second-order valence-electron chi connectivity index (χ2n) is 7.91. The molecule has 1 amide bonds. The molecule has 132 valence electrons. The van der Waals surface area contributed by atoms with Crippen LogP contribution in [0.15, 0.2) is 30.3 Å². The van der Waals surface area contributed by atoms with Gasteiger partial charge in [-0.15, -0.1) is 0 Å². The van der Waals surface area contributed by atoms with Gasteiger partial charge in [0.25, 0.3) is 0 Å². The van der Waals surface area contributed by atoms with E-state index in [1.807, 2.05) is 0 Å². The Kier molecular flexibility index (Phi) is 5.94. The van der Waals surface area contributed by atoms with E-state index in [2.05, 4.69) is 54.4 Å². The molecule has 4 unspecified atom stereocenters. The smallest absolute Gasteiger partial charge is 0.222 e. The van der Waals surface area contributed by atoms with Gasteiger partial charge in [0, 0.05) is 19.5 Å². The molecule has 0 radical (unpaired) electrons. The predicted molar refractivity (Wildman–Crippen MR) is 98.9 cm³/mol. The van der Waals surface area contributed by atoms with Crippen molar-refractivity contribution in [2.24, 2.45) is 17.8 Å². The van der Waals surface area contributed by atoms with Crippen LogP contribution in [0.3, 0.4) is 0 Å². The zero-order valence-corrected chi connectivity index (χ0v) is 15.2. The fraction of sp³-hybridized carbons (Fsp3) is 0.667. The van der Waals surface area contributed by atoms with Gasteiger partial charge in [-0.1, -0.05) is 44.2 Å². The molecule has 0 bridgehead atoms. The first kappa shape index (κ1) is 17.5. The number of benzene rings is 1. The van der Waals surface area contributed by atoms with E-state index in [1.54, 1.807) is 0 Å². The summed E-state index contributed by atoms with van der Waals surface area (Å²) in [6.07, 6.45) is 4.34. The van der Waals surface area contributed by atoms with Crippen molar-refractivity contribution in [1.29, 1.82) is 0 Å². The molecule has 3 rings (SSSR count). The molecule has 2 fully saturated rings. The Balaban J connectivity index is 1.52. The maximum Gasteiger partial charge on any atom is 0.222 e. The van der Waals surface area contributed by atoms with E-state index in [9.17, 15) is 4.79 Å². The van der Waals surface area contributed by atoms with Gasteiger partial charge in [-0.05, 0) is 61.6 Å². The number of rotatable bonds is 4. The van der Waals surface area contributed by atoms with E-state index in [1.165, 1.54) is 18.4 Å². The molecular weight excluding hydrogens is 296 g/mol. The van der Waals surface area contributed by atoms with Gasteiger partial charge in [-0.2, -0.15) is 0 Å². The van der Waals surface area contributed by atoms with Crippen LogP contribution in [0.4, 0.5) is 0 Å². The highest BCUT2D eigenvalue weighted by atomic mass is 16.2. The number of carbonyl (C=O) groups is 1. The zero-order valence-electron chi connectivity index (χ0n) is 15.2. The second-order valence-corrected chi connectivity index (χ2v) is 7.91. The number of nitrogens with one attached hydrogen (secondary N) is 1. The average Bonchev–Trinajstić information content (AvgIpc) is 2.63. The third-order valence-electron chi connectivity index (χ3n) is 6.12. The molecule has 3 nitrogen and oxygen atoms in total. The number of amides is 1. The molecule has 0 aromatic heterocycles. The predicted octanol–water partition coefficient (Wildman–Crippen LogP) is 3.66. The Bertz CT molecular complexity index is 524. The average molecular weight is 329 g/mol. The van der Waals surface area contributed by atoms with Gasteiger partial charge in [0.1, 0.15) is 0 Å². The molecule has 0 saturated carbocycles. The number of hydrogen-bond donors (Lipinski definition) is 1. The fourth-order valence-electron chi connectivity index (χ4n) is 4.50. The number of likely N-dealkylation sites (tertiary alicyclic amines) is 1. The van der Waals surface area contributed by atoms with Crippen LogP contribution < -0.4 is 5.32 Å². The van der Waals surface area contributed by atoms with Gasteiger partial charge < -0.3 is 10.2 Å². The molecule has 24 heavy (non-hydrogen) atoms. The number of carbonyl (C=O) groups excluding carboxylic acids is 1. The molecule has 1 aromatic rings. The minimum Gasteiger partial charge on any atom is -0.342 e. The quantitative estimate of drug-likeness (QED) is 0.915. The van der Waals surface area contributed by atoms with Crippen molar-refractivity contribution < 1.29 is 4.79 Å². The Morgan fingerprint density at radius 3 is 2.75 bits per heavy atom. The standard InChI is InChI=1S/C21H32N2O/c1-16(19-9-6-11-22-14-19)13-21(24)23-12-10-20(17(2)15-23)18-7-4-3-5-8-18/h3-5,7-8,16-17,19-20,22H,6,9-15H2,1-2H3. The van der Waals surface area contributed by atoms with E-state index in [0.717, 1.165) is 39.0 Å². The van der Waals surface area contributed by atoms with E-state index < -0.39 is 0 Å². The second kappa shape index (κ2) is 8.15. The molecule has 0 spiro atoms. The molecule has 2 saturated heterocycles. The largest absolute Gasteiger partial charge is 0.342 e. The first-order chi connectivity index (χ1) is 11.6. The van der Waals surface area contributed by atoms with E-state index in [4.69, 9.17) is 0 Å². The van der Waals surface area contributed by atoms with E-state index in [0.29, 0.717) is 29.6 Å². The highest BCUT2D eigenvalue weighted by Gasteiger charge is 2.31. The lowest BCUT2D eigenvalue weighted by atomic mass is 9.81. The van der Waals surface area contributed by atoms with Gasteiger partial charge in [0.05, 0.1) is 0 Å². The highest BCUT2D eigenvalue weighted by Crippen LogP contribution is 2.33. The molecule has 1 N–H and O–H groups in total. The van der Waals surface area contributed by atoms with Crippen LogP contribution >= 0.6 is 0 Å². The molecule has 3 heteroatoms. The van der Waals surface area contributed by atoms with Gasteiger partial charge in [-0.25, -0.2) is 0 Å². The van der Waals surface area contributed by atoms with Crippen LogP contribution in [-0.4, -0.2) is 37.0 Å². The van der Waals surface area contributed by atoms with Crippen molar-refractivity contribution in [3.63, 3.8) is 0 Å². The normalized spacial score (nSPS) is 29.2. The van der Waals surface area contributed by atoms with Crippen LogP contribution in [-0.2, 0) is 4.79 Å². The van der Waals surface area contributed by atoms with Crippen LogP contribution in [0.1, 0.15) is 51.0 Å². The summed E-state index contributed by atoms with van der Waals surface area (Å²) < 4.78 is 0. The van der Waals surface area contributed by atoms with Gasteiger partial charge in [0.15, 0.2) is 0 Å². The summed E-state index contributed by atoms with van der Waals surface area (Å²) in [5.74, 6) is 2.66. The molecule has 1 aromatic carbocycles. The molecular formula is C21H32N2O. The van der Waals surface area contributed by atoms with Crippen LogP contribution in [0.25, 0.3) is 0 Å². The zero-order chi connectivity index (χ0) is 16.9. The highest BCUT2D eigenvalue weighted by molar-refractivity contribution is 5.76. The van der Waals surface area contributed by atoms with Crippen molar-refractivity contribution in [2.45, 2.75) is 45.4 Å². The number of piperidine rings is 2. The lowest BCUT2D eigenvalue weighted by molar-refractivity contribution is -0.134. The lowest BCUT2D eigenvalue weighted by Gasteiger charge is -2.38. The third-order valence-corrected chi connectivity index (χ3v) is 6.12. The SMILES string of the molecule is CC(CC(=O)N1CCC(c2ccccc2)C(C)C1)C1CCCNC1. The number of hydrogen-bond acceptors (Lipinski definition) is 2. The first-order valence-corrected chi connectivity index (χ1v) is 9.68. The summed E-state index contributed by atoms with van der Waals surface area (Å²) in [4.78, 5) is 14.9. The van der Waals surface area contributed by atoms with Crippen LogP contribution in [0.2, 0.25) is 0 Å².